The van der Waals surface area contributed by atoms with E-state index in [1.54, 1.807) is 0 Å². The van der Waals surface area contributed by atoms with Crippen LogP contribution in [0.2, 0.25) is 0 Å². The van der Waals surface area contributed by atoms with Crippen molar-refractivity contribution in [2.24, 2.45) is 0 Å². The number of carbonyl (C=O) groups is 1. The van der Waals surface area contributed by atoms with E-state index in [4.69, 9.17) is 0 Å². The average Bonchev–Trinajstić information content (AvgIpc) is 3.41. The Kier molecular flexibility index (Phi) is 5.42. The zero-order valence-electron chi connectivity index (χ0n) is 17.2. The maximum atomic E-state index is 12.6. The molecule has 1 aliphatic rings. The number of hydrogen-bond acceptors (Lipinski definition) is 6. The second kappa shape index (κ2) is 8.50. The molecule has 31 heavy (non-hydrogen) atoms. The van der Waals surface area contributed by atoms with E-state index in [2.05, 4.69) is 42.4 Å². The number of aromatic nitrogens is 6. The topological polar surface area (TPSA) is 90.0 Å². The number of rotatable bonds is 8. The smallest absolute Gasteiger partial charge is 0.231 e. The third-order valence-electron chi connectivity index (χ3n) is 5.31. The molecule has 0 aliphatic heterocycles. The van der Waals surface area contributed by atoms with Gasteiger partial charge in [-0.1, -0.05) is 48.2 Å². The number of pyridine rings is 1. The van der Waals surface area contributed by atoms with Crippen LogP contribution in [0, 0.1) is 0 Å². The molecular formula is C22H23N7OS. The Balaban J connectivity index is 1.26. The third-order valence-corrected chi connectivity index (χ3v) is 6.28. The minimum Gasteiger partial charge on any atom is -0.346 e. The Morgan fingerprint density at radius 3 is 2.71 bits per heavy atom. The highest BCUT2D eigenvalue weighted by Crippen LogP contribution is 2.40. The molecule has 1 aromatic carbocycles. The lowest BCUT2D eigenvalue weighted by molar-refractivity contribution is -0.119. The molecule has 9 heteroatoms. The minimum atomic E-state index is -0.255. The summed E-state index contributed by atoms with van der Waals surface area (Å²) < 4.78 is 4.04. The van der Waals surface area contributed by atoms with E-state index in [0.717, 1.165) is 29.5 Å². The normalized spacial score (nSPS) is 14.6. The molecule has 1 atom stereocenters. The molecule has 3 aromatic heterocycles. The average molecular weight is 434 g/mol. The lowest BCUT2D eigenvalue weighted by atomic mass is 10.2. The van der Waals surface area contributed by atoms with Crippen LogP contribution >= 0.6 is 11.8 Å². The van der Waals surface area contributed by atoms with Gasteiger partial charge in [-0.2, -0.15) is 0 Å². The summed E-state index contributed by atoms with van der Waals surface area (Å²) in [6.07, 6.45) is 4.21. The Morgan fingerprint density at radius 1 is 1.10 bits per heavy atom. The van der Waals surface area contributed by atoms with Crippen LogP contribution < -0.4 is 5.32 Å². The molecule has 0 saturated heterocycles. The molecule has 1 aliphatic carbocycles. The number of fused-ring (bicyclic) bond motifs is 1. The van der Waals surface area contributed by atoms with Crippen molar-refractivity contribution in [3.8, 4) is 0 Å². The number of amides is 1. The van der Waals surface area contributed by atoms with Crippen LogP contribution in [0.1, 0.15) is 48.9 Å². The van der Waals surface area contributed by atoms with Crippen LogP contribution in [-0.2, 0) is 11.3 Å². The number of nitrogens with one attached hydrogen (secondary N) is 1. The van der Waals surface area contributed by atoms with Crippen molar-refractivity contribution in [2.45, 2.75) is 43.4 Å². The number of hydrogen-bond donors (Lipinski definition) is 1. The lowest BCUT2D eigenvalue weighted by Gasteiger charge is -2.13. The molecule has 4 aromatic rings. The highest BCUT2D eigenvalue weighted by atomic mass is 32.2. The van der Waals surface area contributed by atoms with Crippen LogP contribution in [0.15, 0.2) is 59.9 Å². The van der Waals surface area contributed by atoms with Crippen molar-refractivity contribution >= 4 is 23.3 Å². The van der Waals surface area contributed by atoms with Crippen molar-refractivity contribution in [1.29, 1.82) is 0 Å². The SMILES string of the molecule is CC(NC(=O)CSc1nnc(C2CC2)n1Cc1ccccc1)c1nnc2ccccn12. The van der Waals surface area contributed by atoms with Crippen LogP contribution in [0.5, 0.6) is 0 Å². The van der Waals surface area contributed by atoms with Gasteiger partial charge in [0, 0.05) is 12.1 Å². The zero-order valence-corrected chi connectivity index (χ0v) is 18.0. The number of nitrogens with zero attached hydrogens (tertiary/aromatic N) is 6. The summed E-state index contributed by atoms with van der Waals surface area (Å²) >= 11 is 1.42. The standard InChI is InChI=1S/C22H23N7OS/c1-15(20-25-24-18-9-5-6-12-28(18)20)23-19(30)14-31-22-27-26-21(17-10-11-17)29(22)13-16-7-3-2-4-8-16/h2-9,12,15,17H,10-11,13-14H2,1H3,(H,23,30). The van der Waals surface area contributed by atoms with E-state index < -0.39 is 0 Å². The van der Waals surface area contributed by atoms with Crippen LogP contribution in [0.4, 0.5) is 0 Å². The van der Waals surface area contributed by atoms with Crippen LogP contribution in [0.3, 0.4) is 0 Å². The van der Waals surface area contributed by atoms with Gasteiger partial charge >= 0.3 is 0 Å². The second-order valence-corrected chi connectivity index (χ2v) is 8.69. The van der Waals surface area contributed by atoms with Gasteiger partial charge in [0.25, 0.3) is 0 Å². The highest BCUT2D eigenvalue weighted by Gasteiger charge is 2.30. The number of carbonyl (C=O) groups excluding carboxylic acids is 1. The van der Waals surface area contributed by atoms with Gasteiger partial charge in [0.2, 0.25) is 5.91 Å². The fourth-order valence-corrected chi connectivity index (χ4v) is 4.35. The summed E-state index contributed by atoms with van der Waals surface area (Å²) in [6, 6.07) is 15.7. The molecule has 158 valence electrons. The third kappa shape index (κ3) is 4.32. The van der Waals surface area contributed by atoms with E-state index in [-0.39, 0.29) is 17.7 Å². The lowest BCUT2D eigenvalue weighted by Crippen LogP contribution is -2.29. The fraction of sp³-hybridized carbons (Fsp3) is 0.318. The molecule has 1 fully saturated rings. The maximum absolute atomic E-state index is 12.6. The van der Waals surface area contributed by atoms with Crippen molar-refractivity contribution < 1.29 is 4.79 Å². The Morgan fingerprint density at radius 2 is 1.90 bits per heavy atom. The molecule has 1 amide bonds. The summed E-state index contributed by atoms with van der Waals surface area (Å²) in [6.45, 7) is 2.63. The van der Waals surface area contributed by atoms with Gasteiger partial charge in [0.15, 0.2) is 16.6 Å². The van der Waals surface area contributed by atoms with Gasteiger partial charge in [0.05, 0.1) is 18.3 Å². The van der Waals surface area contributed by atoms with Gasteiger partial charge in [-0.3, -0.25) is 9.20 Å². The van der Waals surface area contributed by atoms with Gasteiger partial charge in [-0.25, -0.2) is 0 Å². The first-order valence-electron chi connectivity index (χ1n) is 10.4. The van der Waals surface area contributed by atoms with Crippen molar-refractivity contribution in [3.05, 3.63) is 71.9 Å². The van der Waals surface area contributed by atoms with E-state index in [1.165, 1.54) is 17.3 Å². The molecule has 1 saturated carbocycles. The predicted molar refractivity (Wildman–Crippen MR) is 118 cm³/mol. The summed E-state index contributed by atoms with van der Waals surface area (Å²) in [7, 11) is 0. The summed E-state index contributed by atoms with van der Waals surface area (Å²) in [5.74, 6) is 2.40. The quantitative estimate of drug-likeness (QED) is 0.429. The first kappa shape index (κ1) is 19.7. The van der Waals surface area contributed by atoms with Crippen LogP contribution in [-0.4, -0.2) is 41.0 Å². The first-order valence-corrected chi connectivity index (χ1v) is 11.4. The van der Waals surface area contributed by atoms with E-state index in [0.29, 0.717) is 18.3 Å². The molecule has 0 radical (unpaired) electrons. The van der Waals surface area contributed by atoms with Gasteiger partial charge in [0.1, 0.15) is 5.82 Å². The first-order chi connectivity index (χ1) is 15.2. The minimum absolute atomic E-state index is 0.0765. The van der Waals surface area contributed by atoms with E-state index in [9.17, 15) is 4.79 Å². The number of thioether (sulfide) groups is 1. The summed E-state index contributed by atoms with van der Waals surface area (Å²) in [4.78, 5) is 12.6. The van der Waals surface area contributed by atoms with Crippen LogP contribution in [0.25, 0.3) is 5.65 Å². The predicted octanol–water partition coefficient (Wildman–Crippen LogP) is 3.22. The molecule has 8 nitrogen and oxygen atoms in total. The van der Waals surface area contributed by atoms with Crippen molar-refractivity contribution in [1.82, 2.24) is 34.7 Å². The molecule has 0 bridgehead atoms. The molecule has 5 rings (SSSR count). The Hall–Kier alpha value is -3.20. The fourth-order valence-electron chi connectivity index (χ4n) is 3.60. The maximum Gasteiger partial charge on any atom is 0.231 e. The molecule has 0 spiro atoms. The van der Waals surface area contributed by atoms with Gasteiger partial charge < -0.3 is 9.88 Å². The second-order valence-electron chi connectivity index (χ2n) is 7.75. The zero-order chi connectivity index (χ0) is 21.2. The highest BCUT2D eigenvalue weighted by molar-refractivity contribution is 7.99. The van der Waals surface area contributed by atoms with E-state index >= 15 is 0 Å². The largest absolute Gasteiger partial charge is 0.346 e. The van der Waals surface area contributed by atoms with Gasteiger partial charge in [-0.15, -0.1) is 20.4 Å². The number of benzene rings is 1. The Bertz CT molecular complexity index is 1200. The molecule has 1 unspecified atom stereocenters. The molecule has 3 heterocycles. The monoisotopic (exact) mass is 433 g/mol. The van der Waals surface area contributed by atoms with Crippen molar-refractivity contribution in [3.63, 3.8) is 0 Å². The Labute approximate surface area is 184 Å². The van der Waals surface area contributed by atoms with Gasteiger partial charge in [-0.05, 0) is 37.5 Å². The van der Waals surface area contributed by atoms with E-state index in [1.807, 2.05) is 53.9 Å². The van der Waals surface area contributed by atoms with Crippen molar-refractivity contribution in [2.75, 3.05) is 5.75 Å². The summed E-state index contributed by atoms with van der Waals surface area (Å²) in [5, 5.41) is 21.0. The molecular weight excluding hydrogens is 410 g/mol. The molecule has 1 N–H and O–H groups in total. The summed E-state index contributed by atoms with van der Waals surface area (Å²) in [5.41, 5.74) is 1.96.